The second-order valence-corrected chi connectivity index (χ2v) is 10.8. The largest absolute Gasteiger partial charge is 0.458 e. The van der Waals surface area contributed by atoms with Crippen molar-refractivity contribution in [3.63, 3.8) is 0 Å². The number of thioether (sulfide) groups is 1. The molecule has 30 heavy (non-hydrogen) atoms. The summed E-state index contributed by atoms with van der Waals surface area (Å²) in [5, 5.41) is 2.60. The number of esters is 1. The van der Waals surface area contributed by atoms with E-state index in [0.29, 0.717) is 30.0 Å². The molecule has 0 radical (unpaired) electrons. The topological polar surface area (TPSA) is 94.6 Å². The molecule has 1 N–H and O–H groups in total. The Morgan fingerprint density at radius 1 is 1.07 bits per heavy atom. The lowest BCUT2D eigenvalue weighted by molar-refractivity contribution is -0.157. The molecular weight excluding hydrogens is 472 g/mol. The minimum Gasteiger partial charge on any atom is -0.458 e. The van der Waals surface area contributed by atoms with E-state index < -0.39 is 29.3 Å². The predicted molar refractivity (Wildman–Crippen MR) is 122 cm³/mol. The van der Waals surface area contributed by atoms with E-state index in [-0.39, 0.29) is 5.78 Å². The molecule has 0 saturated carbocycles. The van der Waals surface area contributed by atoms with Gasteiger partial charge in [0.1, 0.15) is 22.9 Å². The molecule has 0 aliphatic rings. The van der Waals surface area contributed by atoms with Gasteiger partial charge in [0, 0.05) is 22.8 Å². The lowest BCUT2D eigenvalue weighted by atomic mass is 10.1. The van der Waals surface area contributed by atoms with Gasteiger partial charge >= 0.3 is 12.1 Å². The molecule has 0 unspecified atom stereocenters. The number of ether oxygens (including phenoxy) is 2. The molecule has 0 fully saturated rings. The van der Waals surface area contributed by atoms with Gasteiger partial charge in [0.15, 0.2) is 5.78 Å². The molecule has 1 aromatic rings. The summed E-state index contributed by atoms with van der Waals surface area (Å²) in [5.74, 6) is 0.611. The zero-order valence-corrected chi connectivity index (χ0v) is 20.8. The molecule has 9 heteroatoms. The maximum atomic E-state index is 12.5. The molecule has 1 amide bonds. The third kappa shape index (κ3) is 11.5. The van der Waals surface area contributed by atoms with Crippen LogP contribution in [0, 0.1) is 0 Å². The zero-order valence-electron chi connectivity index (χ0n) is 18.4. The van der Waals surface area contributed by atoms with Crippen LogP contribution in [0.4, 0.5) is 4.79 Å². The minimum atomic E-state index is -0.824. The van der Waals surface area contributed by atoms with E-state index in [4.69, 9.17) is 9.47 Å². The first-order valence-corrected chi connectivity index (χ1v) is 11.7. The molecule has 1 atom stereocenters. The molecule has 0 aromatic carbocycles. The summed E-state index contributed by atoms with van der Waals surface area (Å²) in [6.07, 6.45) is 1.63. The Kier molecular flexibility index (Phi) is 10.3. The van der Waals surface area contributed by atoms with Crippen LogP contribution in [0.1, 0.15) is 64.9 Å². The van der Waals surface area contributed by atoms with Crippen molar-refractivity contribution in [3.8, 4) is 0 Å². The van der Waals surface area contributed by atoms with Crippen LogP contribution < -0.4 is 5.32 Å². The summed E-state index contributed by atoms with van der Waals surface area (Å²) in [6.45, 7) is 10.6. The van der Waals surface area contributed by atoms with Gasteiger partial charge < -0.3 is 14.8 Å². The Balaban J connectivity index is 2.53. The van der Waals surface area contributed by atoms with E-state index in [1.54, 1.807) is 59.9 Å². The van der Waals surface area contributed by atoms with Crippen LogP contribution in [0.5, 0.6) is 0 Å². The lowest BCUT2D eigenvalue weighted by Crippen LogP contribution is -2.46. The number of pyridine rings is 1. The number of rotatable bonds is 9. The Labute approximate surface area is 191 Å². The molecule has 0 saturated heterocycles. The molecule has 0 spiro atoms. The molecule has 1 aromatic heterocycles. The van der Waals surface area contributed by atoms with Crippen molar-refractivity contribution in [2.45, 2.75) is 71.6 Å². The van der Waals surface area contributed by atoms with Gasteiger partial charge in [-0.15, -0.1) is 0 Å². The van der Waals surface area contributed by atoms with Crippen molar-refractivity contribution in [1.82, 2.24) is 10.3 Å². The Morgan fingerprint density at radius 3 is 2.23 bits per heavy atom. The zero-order chi connectivity index (χ0) is 22.9. The molecule has 1 rings (SSSR count). The summed E-state index contributed by atoms with van der Waals surface area (Å²) in [7, 11) is 0. The fourth-order valence-corrected chi connectivity index (χ4v) is 3.38. The number of halogens is 1. The average molecular weight is 503 g/mol. The third-order valence-electron chi connectivity index (χ3n) is 3.42. The number of ketones is 1. The normalized spacial score (nSPS) is 12.8. The Morgan fingerprint density at radius 2 is 1.70 bits per heavy atom. The Hall–Kier alpha value is -1.61. The van der Waals surface area contributed by atoms with Crippen molar-refractivity contribution in [1.29, 1.82) is 0 Å². The minimum absolute atomic E-state index is 0.0365. The second kappa shape index (κ2) is 11.7. The number of hydrogen-bond acceptors (Lipinski definition) is 7. The molecule has 168 valence electrons. The van der Waals surface area contributed by atoms with E-state index in [0.717, 1.165) is 4.47 Å². The van der Waals surface area contributed by atoms with E-state index in [1.807, 2.05) is 0 Å². The molecular formula is C21H31BrN2O5S. The van der Waals surface area contributed by atoms with Crippen LogP contribution in [0.25, 0.3) is 0 Å². The highest BCUT2D eigenvalue weighted by atomic mass is 79.9. The van der Waals surface area contributed by atoms with Gasteiger partial charge in [-0.2, -0.15) is 11.8 Å². The summed E-state index contributed by atoms with van der Waals surface area (Å²) < 4.78 is 11.5. The molecule has 0 aliphatic carbocycles. The van der Waals surface area contributed by atoms with Gasteiger partial charge in [0.2, 0.25) is 0 Å². The highest BCUT2D eigenvalue weighted by Gasteiger charge is 2.28. The quantitative estimate of drug-likeness (QED) is 0.295. The van der Waals surface area contributed by atoms with Gasteiger partial charge in [-0.3, -0.25) is 9.78 Å². The van der Waals surface area contributed by atoms with E-state index in [9.17, 15) is 14.4 Å². The number of Topliss-reactive ketones (excluding diaryl/α,β-unsaturated/α-hetero) is 1. The Bertz CT molecular complexity index is 726. The first kappa shape index (κ1) is 26.4. The van der Waals surface area contributed by atoms with Crippen LogP contribution in [0.15, 0.2) is 22.8 Å². The number of nitrogens with zero attached hydrogens (tertiary/aromatic N) is 1. The lowest BCUT2D eigenvalue weighted by Gasteiger charge is -2.26. The fraction of sp³-hybridized carbons (Fsp3) is 0.619. The number of nitrogens with one attached hydrogen (secondary N) is 1. The predicted octanol–water partition coefficient (Wildman–Crippen LogP) is 4.78. The first-order chi connectivity index (χ1) is 13.8. The van der Waals surface area contributed by atoms with E-state index in [1.165, 1.54) is 11.8 Å². The van der Waals surface area contributed by atoms with Gasteiger partial charge in [-0.1, -0.05) is 0 Å². The smallest absolute Gasteiger partial charge is 0.408 e. The SMILES string of the molecule is CC(C)(C)OC(=O)N[C@@H](CCSCCC(=O)c1ccc(Br)cn1)C(=O)OC(C)(C)C. The molecule has 0 bridgehead atoms. The highest BCUT2D eigenvalue weighted by Crippen LogP contribution is 2.15. The van der Waals surface area contributed by atoms with Crippen LogP contribution in [0.2, 0.25) is 0 Å². The van der Waals surface area contributed by atoms with Crippen LogP contribution >= 0.6 is 27.7 Å². The standard InChI is InChI=1S/C21H31BrN2O5S/c1-20(2,3)28-18(26)16(24-19(27)29-21(4,5)6)9-11-30-12-10-17(25)15-8-7-14(22)13-23-15/h7-8,13,16H,9-12H2,1-6H3,(H,24,27)/t16-/m0/s1. The van der Waals surface area contributed by atoms with Crippen molar-refractivity contribution in [3.05, 3.63) is 28.5 Å². The van der Waals surface area contributed by atoms with Crippen LogP contribution in [0.3, 0.4) is 0 Å². The number of alkyl carbamates (subject to hydrolysis) is 1. The molecule has 0 aliphatic heterocycles. The van der Waals surface area contributed by atoms with Crippen molar-refractivity contribution >= 4 is 45.5 Å². The number of hydrogen-bond donors (Lipinski definition) is 1. The van der Waals surface area contributed by atoms with Crippen molar-refractivity contribution in [2.75, 3.05) is 11.5 Å². The maximum absolute atomic E-state index is 12.5. The average Bonchev–Trinajstić information content (AvgIpc) is 2.57. The third-order valence-corrected chi connectivity index (χ3v) is 4.91. The molecule has 1 heterocycles. The van der Waals surface area contributed by atoms with Gasteiger partial charge in [-0.25, -0.2) is 9.59 Å². The summed E-state index contributed by atoms with van der Waals surface area (Å²) in [6, 6.07) is 2.64. The summed E-state index contributed by atoms with van der Waals surface area (Å²) in [4.78, 5) is 40.8. The summed E-state index contributed by atoms with van der Waals surface area (Å²) in [5.41, 5.74) is -0.905. The number of carbonyl (C=O) groups excluding carboxylic acids is 3. The maximum Gasteiger partial charge on any atom is 0.408 e. The summed E-state index contributed by atoms with van der Waals surface area (Å²) >= 11 is 4.81. The van der Waals surface area contributed by atoms with Crippen molar-refractivity contribution in [2.24, 2.45) is 0 Å². The molecule has 7 nitrogen and oxygen atoms in total. The van der Waals surface area contributed by atoms with Crippen molar-refractivity contribution < 1.29 is 23.9 Å². The monoisotopic (exact) mass is 502 g/mol. The number of carbonyl (C=O) groups is 3. The second-order valence-electron chi connectivity index (χ2n) is 8.67. The van der Waals surface area contributed by atoms with Gasteiger partial charge in [0.05, 0.1) is 0 Å². The van der Waals surface area contributed by atoms with E-state index in [2.05, 4.69) is 26.2 Å². The fourth-order valence-electron chi connectivity index (χ4n) is 2.21. The number of aromatic nitrogens is 1. The van der Waals surface area contributed by atoms with Crippen LogP contribution in [-0.2, 0) is 14.3 Å². The van der Waals surface area contributed by atoms with Gasteiger partial charge in [-0.05, 0) is 81.8 Å². The first-order valence-electron chi connectivity index (χ1n) is 9.72. The van der Waals surface area contributed by atoms with Gasteiger partial charge in [0.25, 0.3) is 0 Å². The van der Waals surface area contributed by atoms with Crippen LogP contribution in [-0.4, -0.2) is 51.6 Å². The number of amides is 1. The highest BCUT2D eigenvalue weighted by molar-refractivity contribution is 9.10. The van der Waals surface area contributed by atoms with E-state index >= 15 is 0 Å².